The molecule has 7 nitrogen and oxygen atoms in total. The van der Waals surface area contributed by atoms with E-state index >= 15 is 0 Å². The van der Waals surface area contributed by atoms with Gasteiger partial charge in [0.05, 0.1) is 11.5 Å². The molecule has 2 heterocycles. The van der Waals surface area contributed by atoms with Gasteiger partial charge in [-0.1, -0.05) is 18.2 Å². The molecule has 1 fully saturated rings. The van der Waals surface area contributed by atoms with Crippen LogP contribution in [0.5, 0.6) is 0 Å². The average molecular weight is 319 g/mol. The highest BCUT2D eigenvalue weighted by Crippen LogP contribution is 2.33. The van der Waals surface area contributed by atoms with Crippen molar-refractivity contribution in [2.75, 3.05) is 11.5 Å². The molecule has 1 saturated heterocycles. The first-order valence-electron chi connectivity index (χ1n) is 6.45. The number of carboxylic acids is 1. The molecule has 0 amide bonds. The first-order valence-corrected chi connectivity index (χ1v) is 9.15. The smallest absolute Gasteiger partial charge is 0.313 e. The van der Waals surface area contributed by atoms with Gasteiger partial charge in [0, 0.05) is 6.54 Å². The van der Waals surface area contributed by atoms with E-state index in [1.54, 1.807) is 4.57 Å². The van der Waals surface area contributed by atoms with E-state index in [9.17, 15) is 13.2 Å². The minimum absolute atomic E-state index is 0.116. The maximum Gasteiger partial charge on any atom is 0.313 e. The summed E-state index contributed by atoms with van der Waals surface area (Å²) in [6, 6.07) is 0. The van der Waals surface area contributed by atoms with E-state index in [0.717, 1.165) is 18.2 Å². The number of aliphatic carboxylic acids is 1. The highest BCUT2D eigenvalue weighted by atomic mass is 32.2. The summed E-state index contributed by atoms with van der Waals surface area (Å²) >= 11 is 1.06. The maximum absolute atomic E-state index is 12.1. The van der Waals surface area contributed by atoms with Crippen molar-refractivity contribution in [3.05, 3.63) is 5.82 Å². The summed E-state index contributed by atoms with van der Waals surface area (Å²) in [6.45, 7) is 2.39. The fourth-order valence-electron chi connectivity index (χ4n) is 2.31. The lowest BCUT2D eigenvalue weighted by atomic mass is 10.2. The predicted molar refractivity (Wildman–Crippen MR) is 74.4 cm³/mol. The van der Waals surface area contributed by atoms with Crippen LogP contribution in [0.1, 0.15) is 37.3 Å². The fourth-order valence-corrected chi connectivity index (χ4v) is 4.95. The van der Waals surface area contributed by atoms with Gasteiger partial charge in [0.15, 0.2) is 20.8 Å². The van der Waals surface area contributed by atoms with Gasteiger partial charge in [-0.15, -0.1) is 10.2 Å². The molecule has 2 rings (SSSR count). The summed E-state index contributed by atoms with van der Waals surface area (Å²) in [7, 11) is -3.18. The van der Waals surface area contributed by atoms with E-state index in [1.807, 2.05) is 6.92 Å². The number of thioether (sulfide) groups is 1. The molecule has 0 saturated carbocycles. The van der Waals surface area contributed by atoms with Crippen LogP contribution in [0.4, 0.5) is 0 Å². The van der Waals surface area contributed by atoms with Crippen molar-refractivity contribution >= 4 is 27.6 Å². The number of aromatic nitrogens is 3. The Balaban J connectivity index is 2.30. The minimum Gasteiger partial charge on any atom is -0.481 e. The van der Waals surface area contributed by atoms with Crippen molar-refractivity contribution in [1.82, 2.24) is 14.8 Å². The lowest BCUT2D eigenvalue weighted by Crippen LogP contribution is -2.24. The number of sulfone groups is 1. The van der Waals surface area contributed by atoms with Gasteiger partial charge in [0.25, 0.3) is 0 Å². The van der Waals surface area contributed by atoms with Gasteiger partial charge in [-0.25, -0.2) is 8.42 Å². The maximum atomic E-state index is 12.1. The molecule has 1 aliphatic rings. The standard InChI is InChI=1S/C11H17N3O4S2/c1-2-14-10(8-5-3-4-6-20(8,17)18)12-13-11(14)19-7-9(15)16/h8H,2-7H2,1H3,(H,15,16). The Labute approximate surface area is 121 Å². The molecular formula is C11H17N3O4S2. The Kier molecular flexibility index (Phi) is 4.69. The van der Waals surface area contributed by atoms with Gasteiger partial charge in [-0.3, -0.25) is 4.79 Å². The van der Waals surface area contributed by atoms with Crippen molar-refractivity contribution in [2.24, 2.45) is 0 Å². The monoisotopic (exact) mass is 319 g/mol. The highest BCUT2D eigenvalue weighted by molar-refractivity contribution is 7.99. The average Bonchev–Trinajstić information content (AvgIpc) is 2.78. The van der Waals surface area contributed by atoms with E-state index in [4.69, 9.17) is 5.11 Å². The number of rotatable bonds is 5. The third kappa shape index (κ3) is 3.14. The summed E-state index contributed by atoms with van der Waals surface area (Å²) in [5.41, 5.74) is 0. The minimum atomic E-state index is -3.18. The Morgan fingerprint density at radius 1 is 1.45 bits per heavy atom. The summed E-state index contributed by atoms with van der Waals surface area (Å²) in [6.07, 6.45) is 2.11. The lowest BCUT2D eigenvalue weighted by molar-refractivity contribution is -0.133. The summed E-state index contributed by atoms with van der Waals surface area (Å²) in [4.78, 5) is 10.6. The van der Waals surface area contributed by atoms with Crippen LogP contribution in [-0.2, 0) is 21.2 Å². The molecule has 1 aromatic heterocycles. The zero-order valence-corrected chi connectivity index (χ0v) is 12.8. The number of hydrogen-bond donors (Lipinski definition) is 1. The Morgan fingerprint density at radius 2 is 2.20 bits per heavy atom. The molecule has 1 N–H and O–H groups in total. The second-order valence-corrected chi connectivity index (χ2v) is 7.86. The quantitative estimate of drug-likeness (QED) is 0.811. The van der Waals surface area contributed by atoms with Gasteiger partial charge in [-0.05, 0) is 19.8 Å². The topological polar surface area (TPSA) is 102 Å². The van der Waals surface area contributed by atoms with Crippen molar-refractivity contribution in [3.8, 4) is 0 Å². The predicted octanol–water partition coefficient (Wildman–Crippen LogP) is 1.11. The van der Waals surface area contributed by atoms with Crippen molar-refractivity contribution in [1.29, 1.82) is 0 Å². The van der Waals surface area contributed by atoms with Crippen molar-refractivity contribution in [2.45, 2.75) is 43.1 Å². The van der Waals surface area contributed by atoms with Crippen LogP contribution in [0.15, 0.2) is 5.16 Å². The van der Waals surface area contributed by atoms with Crippen molar-refractivity contribution in [3.63, 3.8) is 0 Å². The van der Waals surface area contributed by atoms with Gasteiger partial charge in [0.2, 0.25) is 0 Å². The molecule has 1 unspecified atom stereocenters. The molecular weight excluding hydrogens is 302 g/mol. The molecule has 1 atom stereocenters. The third-order valence-corrected chi connectivity index (χ3v) is 6.38. The number of hydrogen-bond acceptors (Lipinski definition) is 6. The highest BCUT2D eigenvalue weighted by Gasteiger charge is 2.34. The Bertz CT molecular complexity index is 597. The van der Waals surface area contributed by atoms with Crippen LogP contribution in [0, 0.1) is 0 Å². The first-order chi connectivity index (χ1) is 9.45. The molecule has 0 aromatic carbocycles. The second-order valence-electron chi connectivity index (χ2n) is 4.62. The molecule has 0 bridgehead atoms. The van der Waals surface area contributed by atoms with Gasteiger partial charge in [0.1, 0.15) is 5.25 Å². The molecule has 9 heteroatoms. The van der Waals surface area contributed by atoms with Crippen LogP contribution >= 0.6 is 11.8 Å². The van der Waals surface area contributed by atoms with Crippen molar-refractivity contribution < 1.29 is 18.3 Å². The van der Waals surface area contributed by atoms with E-state index in [1.165, 1.54) is 0 Å². The fraction of sp³-hybridized carbons (Fsp3) is 0.727. The molecule has 0 aliphatic carbocycles. The summed E-state index contributed by atoms with van der Waals surface area (Å²) < 4.78 is 26.0. The van der Waals surface area contributed by atoms with Crippen LogP contribution in [0.25, 0.3) is 0 Å². The van der Waals surface area contributed by atoms with E-state index in [-0.39, 0.29) is 11.5 Å². The van der Waals surface area contributed by atoms with E-state index in [2.05, 4.69) is 10.2 Å². The van der Waals surface area contributed by atoms with Crippen LogP contribution < -0.4 is 0 Å². The van der Waals surface area contributed by atoms with Gasteiger partial charge >= 0.3 is 5.97 Å². The van der Waals surface area contributed by atoms with E-state index in [0.29, 0.717) is 30.4 Å². The number of carbonyl (C=O) groups is 1. The molecule has 0 spiro atoms. The zero-order valence-electron chi connectivity index (χ0n) is 11.2. The van der Waals surface area contributed by atoms with Crippen LogP contribution in [0.2, 0.25) is 0 Å². The number of carboxylic acid groups (broad SMARTS) is 1. The van der Waals surface area contributed by atoms with Gasteiger partial charge < -0.3 is 9.67 Å². The first kappa shape index (κ1) is 15.3. The summed E-state index contributed by atoms with van der Waals surface area (Å²) in [5.74, 6) is -0.422. The SMILES string of the molecule is CCn1c(SCC(=O)O)nnc1C1CCCCS1(=O)=O. The number of nitrogens with zero attached hydrogens (tertiary/aromatic N) is 3. The Hall–Kier alpha value is -1.09. The molecule has 0 radical (unpaired) electrons. The normalized spacial score (nSPS) is 21.8. The van der Waals surface area contributed by atoms with Crippen LogP contribution in [0.3, 0.4) is 0 Å². The lowest BCUT2D eigenvalue weighted by Gasteiger charge is -2.22. The summed E-state index contributed by atoms with van der Waals surface area (Å²) in [5, 5.41) is 16.5. The third-order valence-electron chi connectivity index (χ3n) is 3.25. The van der Waals surface area contributed by atoms with Gasteiger partial charge in [-0.2, -0.15) is 0 Å². The molecule has 1 aromatic rings. The van der Waals surface area contributed by atoms with Crippen LogP contribution in [-0.4, -0.2) is 45.8 Å². The Morgan fingerprint density at radius 3 is 2.80 bits per heavy atom. The molecule has 112 valence electrons. The van der Waals surface area contributed by atoms with E-state index < -0.39 is 21.1 Å². The molecule has 20 heavy (non-hydrogen) atoms. The second kappa shape index (κ2) is 6.13. The largest absolute Gasteiger partial charge is 0.481 e. The zero-order chi connectivity index (χ0) is 14.8. The molecule has 1 aliphatic heterocycles.